The van der Waals surface area contributed by atoms with Crippen LogP contribution in [0.4, 0.5) is 10.5 Å². The maximum Gasteiger partial charge on any atom is 0.385 e. The van der Waals surface area contributed by atoms with Crippen LogP contribution in [-0.2, 0) is 11.3 Å². The van der Waals surface area contributed by atoms with Gasteiger partial charge in [-0.2, -0.15) is 0 Å². The number of rotatable bonds is 2. The summed E-state index contributed by atoms with van der Waals surface area (Å²) < 4.78 is 5.70. The van der Waals surface area contributed by atoms with E-state index in [9.17, 15) is 4.79 Å². The van der Waals surface area contributed by atoms with Crippen molar-refractivity contribution in [1.29, 1.82) is 0 Å². The molecule has 1 aromatic carbocycles. The lowest BCUT2D eigenvalue weighted by Gasteiger charge is -2.10. The summed E-state index contributed by atoms with van der Waals surface area (Å²) in [4.78, 5) is 16.3. The summed E-state index contributed by atoms with van der Waals surface area (Å²) >= 11 is 6.26. The van der Waals surface area contributed by atoms with E-state index in [1.165, 1.54) is 14.2 Å². The van der Waals surface area contributed by atoms with Crippen LogP contribution in [0.3, 0.4) is 0 Å². The first kappa shape index (κ1) is 14.7. The van der Waals surface area contributed by atoms with Gasteiger partial charge in [0.25, 0.3) is 0 Å². The number of benzene rings is 1. The van der Waals surface area contributed by atoms with Crippen molar-refractivity contribution in [2.45, 2.75) is 26.4 Å². The number of ether oxygens (including phenoxy) is 1. The molecule has 1 heterocycles. The first-order valence-corrected chi connectivity index (χ1v) is 6.54. The molecule has 0 spiro atoms. The molecule has 0 aromatic heterocycles. The number of halogens is 1. The Balaban J connectivity index is 2.35. The Morgan fingerprint density at radius 1 is 1.60 bits per heavy atom. The molecular formula is C13H16ClN3O3. The molecule has 1 aliphatic heterocycles. The fourth-order valence-electron chi connectivity index (χ4n) is 1.98. The fraction of sp³-hybridized carbons (Fsp3) is 0.462. The average Bonchev–Trinajstić information content (AvgIpc) is 2.82. The summed E-state index contributed by atoms with van der Waals surface area (Å²) in [6.45, 7) is 3.84. The Morgan fingerprint density at radius 3 is 2.95 bits per heavy atom. The number of hydroxylamine groups is 2. The van der Waals surface area contributed by atoms with E-state index in [2.05, 4.69) is 10.2 Å². The van der Waals surface area contributed by atoms with Gasteiger partial charge in [-0.1, -0.05) is 16.7 Å². The van der Waals surface area contributed by atoms with Crippen LogP contribution in [0.1, 0.15) is 18.1 Å². The zero-order chi connectivity index (χ0) is 14.9. The van der Waals surface area contributed by atoms with E-state index in [0.717, 1.165) is 22.6 Å². The molecule has 7 heteroatoms. The average molecular weight is 298 g/mol. The predicted octanol–water partition coefficient (Wildman–Crippen LogP) is 3.67. The minimum atomic E-state index is -0.597. The Hall–Kier alpha value is -1.66. The predicted molar refractivity (Wildman–Crippen MR) is 74.7 cm³/mol. The summed E-state index contributed by atoms with van der Waals surface area (Å²) in [5.74, 6) is 0.602. The van der Waals surface area contributed by atoms with Gasteiger partial charge >= 0.3 is 6.03 Å². The van der Waals surface area contributed by atoms with Crippen LogP contribution in [0.25, 0.3) is 0 Å². The first-order valence-electron chi connectivity index (χ1n) is 6.16. The summed E-state index contributed by atoms with van der Waals surface area (Å²) in [5, 5.41) is 9.22. The van der Waals surface area contributed by atoms with Crippen molar-refractivity contribution in [2.24, 2.45) is 10.2 Å². The van der Waals surface area contributed by atoms with Crippen molar-refractivity contribution in [1.82, 2.24) is 5.06 Å². The minimum Gasteiger partial charge on any atom is -0.488 e. The van der Waals surface area contributed by atoms with Crippen LogP contribution in [0.5, 0.6) is 5.75 Å². The van der Waals surface area contributed by atoms with Crippen LogP contribution in [0.15, 0.2) is 16.3 Å². The number of fused-ring (bicyclic) bond motifs is 1. The molecule has 0 radical (unpaired) electrons. The lowest BCUT2D eigenvalue weighted by Crippen LogP contribution is -2.21. The molecule has 1 unspecified atom stereocenters. The smallest absolute Gasteiger partial charge is 0.385 e. The van der Waals surface area contributed by atoms with E-state index < -0.39 is 6.03 Å². The number of nitrogens with zero attached hydrogens (tertiary/aromatic N) is 3. The van der Waals surface area contributed by atoms with Crippen LogP contribution in [0, 0.1) is 6.92 Å². The molecule has 1 aliphatic rings. The number of hydrogen-bond donors (Lipinski definition) is 0. The molecule has 0 saturated carbocycles. The minimum absolute atomic E-state index is 0.0376. The Kier molecular flexibility index (Phi) is 4.25. The zero-order valence-electron chi connectivity index (χ0n) is 11.8. The van der Waals surface area contributed by atoms with Gasteiger partial charge in [0.05, 0.1) is 12.1 Å². The van der Waals surface area contributed by atoms with Crippen molar-refractivity contribution in [3.8, 4) is 5.75 Å². The molecular weight excluding hydrogens is 282 g/mol. The fourth-order valence-corrected chi connectivity index (χ4v) is 2.20. The molecule has 6 nitrogen and oxygen atoms in total. The third-order valence-electron chi connectivity index (χ3n) is 3.07. The maximum absolute atomic E-state index is 11.5. The summed E-state index contributed by atoms with van der Waals surface area (Å²) in [6, 6.07) is 1.16. The van der Waals surface area contributed by atoms with Gasteiger partial charge in [-0.05, 0) is 25.5 Å². The molecule has 0 bridgehead atoms. The molecule has 0 fully saturated rings. The van der Waals surface area contributed by atoms with Crippen molar-refractivity contribution in [2.75, 3.05) is 14.2 Å². The van der Waals surface area contributed by atoms with Crippen LogP contribution in [-0.4, -0.2) is 31.4 Å². The SMILES string of the molecule is CON(C)C(=O)N=Nc1cc(C)c(Cl)c2c1OC(C)C2. The molecule has 0 aliphatic carbocycles. The lowest BCUT2D eigenvalue weighted by atomic mass is 10.1. The highest BCUT2D eigenvalue weighted by Crippen LogP contribution is 2.43. The van der Waals surface area contributed by atoms with Gasteiger partial charge in [0.2, 0.25) is 0 Å². The van der Waals surface area contributed by atoms with E-state index in [0.29, 0.717) is 16.5 Å². The Morgan fingerprint density at radius 2 is 2.30 bits per heavy atom. The third kappa shape index (κ3) is 2.76. The van der Waals surface area contributed by atoms with Crippen molar-refractivity contribution >= 4 is 23.3 Å². The van der Waals surface area contributed by atoms with Crippen LogP contribution < -0.4 is 4.74 Å². The summed E-state index contributed by atoms with van der Waals surface area (Å²) in [5.41, 5.74) is 2.30. The summed E-state index contributed by atoms with van der Waals surface area (Å²) in [7, 11) is 2.83. The van der Waals surface area contributed by atoms with Gasteiger partial charge in [-0.15, -0.1) is 5.11 Å². The Labute approximate surface area is 122 Å². The lowest BCUT2D eigenvalue weighted by molar-refractivity contribution is -0.0618. The van der Waals surface area contributed by atoms with E-state index in [1.54, 1.807) is 6.07 Å². The molecule has 1 atom stereocenters. The monoisotopic (exact) mass is 297 g/mol. The number of urea groups is 1. The largest absolute Gasteiger partial charge is 0.488 e. The van der Waals surface area contributed by atoms with Gasteiger partial charge in [0, 0.05) is 19.0 Å². The summed E-state index contributed by atoms with van der Waals surface area (Å²) in [6.07, 6.45) is 0.764. The van der Waals surface area contributed by atoms with Gasteiger partial charge in [0.15, 0.2) is 5.75 Å². The topological polar surface area (TPSA) is 63.5 Å². The van der Waals surface area contributed by atoms with Crippen molar-refractivity contribution in [3.05, 3.63) is 22.2 Å². The van der Waals surface area contributed by atoms with Crippen molar-refractivity contribution < 1.29 is 14.4 Å². The second kappa shape index (κ2) is 5.76. The number of aryl methyl sites for hydroxylation is 1. The molecule has 0 saturated heterocycles. The van der Waals surface area contributed by atoms with E-state index >= 15 is 0 Å². The number of azo groups is 1. The number of hydrogen-bond acceptors (Lipinski definition) is 4. The number of carbonyl (C=O) groups is 1. The quantitative estimate of drug-likeness (QED) is 0.618. The standard InChI is InChI=1S/C13H16ClN3O3/c1-7-5-10(15-16-13(18)17(3)19-4)12-9(11(7)14)6-8(2)20-12/h5,8H,6H2,1-4H3. The second-order valence-electron chi connectivity index (χ2n) is 4.63. The second-order valence-corrected chi connectivity index (χ2v) is 5.01. The molecule has 2 amide bonds. The highest BCUT2D eigenvalue weighted by Gasteiger charge is 2.26. The molecule has 0 N–H and O–H groups in total. The van der Waals surface area contributed by atoms with Gasteiger partial charge < -0.3 is 4.74 Å². The Bertz CT molecular complexity index is 574. The molecule has 2 rings (SSSR count). The van der Waals surface area contributed by atoms with Crippen LogP contribution in [0.2, 0.25) is 5.02 Å². The first-order chi connectivity index (χ1) is 9.43. The van der Waals surface area contributed by atoms with Gasteiger partial charge in [-0.3, -0.25) is 4.84 Å². The maximum atomic E-state index is 11.5. The molecule has 1 aromatic rings. The number of amides is 2. The van der Waals surface area contributed by atoms with E-state index in [-0.39, 0.29) is 6.10 Å². The zero-order valence-corrected chi connectivity index (χ0v) is 12.6. The highest BCUT2D eigenvalue weighted by molar-refractivity contribution is 6.32. The van der Waals surface area contributed by atoms with Crippen LogP contribution >= 0.6 is 11.6 Å². The third-order valence-corrected chi connectivity index (χ3v) is 3.59. The highest BCUT2D eigenvalue weighted by atomic mass is 35.5. The van der Waals surface area contributed by atoms with E-state index in [4.69, 9.17) is 21.2 Å². The van der Waals surface area contributed by atoms with E-state index in [1.807, 2.05) is 13.8 Å². The molecule has 20 heavy (non-hydrogen) atoms. The number of carbonyl (C=O) groups excluding carboxylic acids is 1. The van der Waals surface area contributed by atoms with Gasteiger partial charge in [0.1, 0.15) is 11.8 Å². The normalized spacial score (nSPS) is 17.1. The van der Waals surface area contributed by atoms with Crippen molar-refractivity contribution in [3.63, 3.8) is 0 Å². The molecule has 108 valence electrons. The van der Waals surface area contributed by atoms with Gasteiger partial charge in [-0.25, -0.2) is 9.86 Å².